The van der Waals surface area contributed by atoms with Gasteiger partial charge in [-0.25, -0.2) is 18.4 Å². The summed E-state index contributed by atoms with van der Waals surface area (Å²) in [4.78, 5) is 29.8. The van der Waals surface area contributed by atoms with E-state index < -0.39 is 42.3 Å². The Morgan fingerprint density at radius 2 is 1.69 bits per heavy atom. The second-order valence-electron chi connectivity index (χ2n) is 12.6. The average molecular weight is 744 g/mol. The number of carbonyl (C=O) groups excluding carboxylic acids is 1. The number of fused-ring (bicyclic) bond motifs is 3. The van der Waals surface area contributed by atoms with Gasteiger partial charge in [0.25, 0.3) is 0 Å². The number of pyridine rings is 1. The van der Waals surface area contributed by atoms with Crippen molar-refractivity contribution < 1.29 is 47.6 Å². The first kappa shape index (κ1) is 36.2. The van der Waals surface area contributed by atoms with Crippen molar-refractivity contribution in [1.29, 1.82) is 0 Å². The number of benzene rings is 3. The van der Waals surface area contributed by atoms with E-state index in [-0.39, 0.29) is 44.8 Å². The van der Waals surface area contributed by atoms with E-state index >= 15 is 8.78 Å². The van der Waals surface area contributed by atoms with Crippen LogP contribution in [-0.2, 0) is 17.7 Å². The van der Waals surface area contributed by atoms with Crippen molar-refractivity contribution >= 4 is 41.0 Å². The summed E-state index contributed by atoms with van der Waals surface area (Å²) in [5.74, 6) is -3.28. The minimum Gasteiger partial charge on any atom is -0.493 e. The van der Waals surface area contributed by atoms with Crippen molar-refractivity contribution in [3.05, 3.63) is 116 Å². The van der Waals surface area contributed by atoms with Gasteiger partial charge in [0, 0.05) is 33.9 Å². The molecule has 10 nitrogen and oxygen atoms in total. The van der Waals surface area contributed by atoms with Crippen LogP contribution in [0.3, 0.4) is 0 Å². The van der Waals surface area contributed by atoms with E-state index in [1.165, 1.54) is 56.9 Å². The number of para-hydroxylation sites is 1. The Hall–Kier alpha value is -4.65. The van der Waals surface area contributed by atoms with E-state index in [0.717, 1.165) is 30.8 Å². The highest BCUT2D eigenvalue weighted by molar-refractivity contribution is 6.35. The predicted octanol–water partition coefficient (Wildman–Crippen LogP) is 7.12. The summed E-state index contributed by atoms with van der Waals surface area (Å²) in [5, 5.41) is 20.4. The number of halogens is 4. The average Bonchev–Trinajstić information content (AvgIpc) is 3.11. The van der Waals surface area contributed by atoms with Gasteiger partial charge in [0.1, 0.15) is 27.8 Å². The van der Waals surface area contributed by atoms with Gasteiger partial charge in [-0.2, -0.15) is 0 Å². The number of piperidine rings is 3. The van der Waals surface area contributed by atoms with Crippen LogP contribution in [0.1, 0.15) is 51.4 Å². The Balaban J connectivity index is 1.47. The summed E-state index contributed by atoms with van der Waals surface area (Å²) < 4.78 is 50.1. The first-order chi connectivity index (χ1) is 24.5. The molecule has 0 spiro atoms. The van der Waals surface area contributed by atoms with E-state index in [0.29, 0.717) is 33.9 Å². The SMILES string of the molecule is COc1ccc([C@H](Cc2c(Cl)c[n+](O)cc2Cl)c2c(C(=O)O)ccc(CN(C(=O)O[C@H]3CN4CCC3CC4)c3ccccc3F)c2F)cc1OC. The molecular weight excluding hydrogens is 707 g/mol. The molecule has 0 radical (unpaired) electrons. The fourth-order valence-electron chi connectivity index (χ4n) is 7.01. The van der Waals surface area contributed by atoms with Crippen molar-refractivity contribution in [1.82, 2.24) is 4.90 Å². The van der Waals surface area contributed by atoms with Gasteiger partial charge < -0.3 is 19.3 Å². The fourth-order valence-corrected chi connectivity index (χ4v) is 7.61. The van der Waals surface area contributed by atoms with E-state index in [1.54, 1.807) is 24.3 Å². The summed E-state index contributed by atoms with van der Waals surface area (Å²) >= 11 is 13.0. The van der Waals surface area contributed by atoms with Crippen LogP contribution >= 0.6 is 23.2 Å². The van der Waals surface area contributed by atoms with Crippen LogP contribution in [0.25, 0.3) is 0 Å². The van der Waals surface area contributed by atoms with Crippen LogP contribution in [0.2, 0.25) is 10.0 Å². The molecule has 0 unspecified atom stereocenters. The molecule has 2 bridgehead atoms. The maximum Gasteiger partial charge on any atom is 0.415 e. The van der Waals surface area contributed by atoms with Crippen LogP contribution in [-0.4, -0.2) is 67.2 Å². The van der Waals surface area contributed by atoms with Crippen molar-refractivity contribution in [2.24, 2.45) is 5.92 Å². The number of nitrogens with zero attached hydrogens (tertiary/aromatic N) is 3. The Kier molecular flexibility index (Phi) is 10.8. The molecule has 3 aliphatic heterocycles. The summed E-state index contributed by atoms with van der Waals surface area (Å²) in [6.07, 6.45) is 2.77. The van der Waals surface area contributed by atoms with Gasteiger partial charge in [-0.3, -0.25) is 15.0 Å². The molecule has 7 rings (SSSR count). The molecular formula is C37H36Cl2F2N3O7+. The molecule has 1 aromatic heterocycles. The zero-order valence-corrected chi connectivity index (χ0v) is 29.3. The van der Waals surface area contributed by atoms with E-state index in [1.807, 2.05) is 0 Å². The second kappa shape index (κ2) is 15.3. The smallest absolute Gasteiger partial charge is 0.415 e. The zero-order chi connectivity index (χ0) is 36.4. The predicted molar refractivity (Wildman–Crippen MR) is 184 cm³/mol. The molecule has 1 amide bonds. The molecule has 3 aliphatic rings. The normalized spacial score (nSPS) is 18.6. The monoisotopic (exact) mass is 742 g/mol. The van der Waals surface area contributed by atoms with Crippen LogP contribution in [0.15, 0.2) is 67.0 Å². The van der Waals surface area contributed by atoms with Gasteiger partial charge >= 0.3 is 12.1 Å². The molecule has 3 saturated heterocycles. The largest absolute Gasteiger partial charge is 0.493 e. The minimum atomic E-state index is -1.41. The zero-order valence-electron chi connectivity index (χ0n) is 27.8. The third-order valence-corrected chi connectivity index (χ3v) is 10.3. The molecule has 0 saturated carbocycles. The number of amides is 1. The highest BCUT2D eigenvalue weighted by Crippen LogP contribution is 2.41. The standard InChI is InChI=1S/C37H35Cl2F2N3O7/c1-49-31-10-8-22(15-32(31)50-2)25(16-26-27(38)18-43(48)19-28(26)39)34-24(36(45)46)9-7-23(35(34)41)17-44(30-6-4-3-5-29(30)40)37(47)51-33-20-42-13-11-21(33)12-14-42/h3-10,15,18-19,21,25,33H,11-14,16-17,20H2,1-2H3,(H-,45,46,48)/p+1/t25-,33-/m0/s1. The fraction of sp³-hybridized carbons (Fsp3) is 0.324. The van der Waals surface area contributed by atoms with E-state index in [9.17, 15) is 19.9 Å². The number of hydrogen-bond acceptors (Lipinski definition) is 7. The Labute approximate surface area is 303 Å². The lowest BCUT2D eigenvalue weighted by Crippen LogP contribution is -2.53. The molecule has 2 atom stereocenters. The summed E-state index contributed by atoms with van der Waals surface area (Å²) in [6, 6.07) is 13.0. The number of carboxylic acids is 1. The lowest BCUT2D eigenvalue weighted by atomic mass is 9.82. The molecule has 268 valence electrons. The number of aromatic carboxylic acids is 1. The maximum atomic E-state index is 17.2. The third-order valence-electron chi connectivity index (χ3n) is 9.67. The van der Waals surface area contributed by atoms with Crippen LogP contribution < -0.4 is 19.1 Å². The first-order valence-electron chi connectivity index (χ1n) is 16.3. The highest BCUT2D eigenvalue weighted by Gasteiger charge is 2.38. The van der Waals surface area contributed by atoms with Crippen molar-refractivity contribution in [2.75, 3.05) is 38.8 Å². The second-order valence-corrected chi connectivity index (χ2v) is 13.4. The molecule has 14 heteroatoms. The number of ether oxygens (including phenoxy) is 3. The molecule has 0 aliphatic carbocycles. The van der Waals surface area contributed by atoms with Crippen LogP contribution in [0, 0.1) is 17.6 Å². The van der Waals surface area contributed by atoms with E-state index in [2.05, 4.69) is 4.90 Å². The van der Waals surface area contributed by atoms with Crippen LogP contribution in [0.4, 0.5) is 19.3 Å². The molecule has 51 heavy (non-hydrogen) atoms. The molecule has 4 heterocycles. The Bertz CT molecular complexity index is 1930. The molecule has 2 N–H and O–H groups in total. The number of methoxy groups -OCH3 is 2. The molecule has 4 aromatic rings. The lowest BCUT2D eigenvalue weighted by molar-refractivity contribution is -0.904. The number of hydrogen-bond donors (Lipinski definition) is 2. The summed E-state index contributed by atoms with van der Waals surface area (Å²) in [6.45, 7) is 1.91. The first-order valence-corrected chi connectivity index (χ1v) is 17.0. The Morgan fingerprint density at radius 1 is 1.00 bits per heavy atom. The van der Waals surface area contributed by atoms with Crippen molar-refractivity contribution in [2.45, 2.75) is 37.8 Å². The molecule has 3 fully saturated rings. The number of aromatic nitrogens is 1. The van der Waals surface area contributed by atoms with Crippen LogP contribution in [0.5, 0.6) is 11.5 Å². The maximum absolute atomic E-state index is 17.2. The number of anilines is 1. The van der Waals surface area contributed by atoms with Gasteiger partial charge in [0.05, 0.1) is 32.0 Å². The van der Waals surface area contributed by atoms with Gasteiger partial charge in [-0.15, -0.1) is 0 Å². The lowest BCUT2D eigenvalue weighted by Gasteiger charge is -2.44. The summed E-state index contributed by atoms with van der Waals surface area (Å²) in [5.41, 5.74) is -0.0786. The quantitative estimate of drug-likeness (QED) is 0.123. The van der Waals surface area contributed by atoms with Crippen molar-refractivity contribution in [3.8, 4) is 11.5 Å². The van der Waals surface area contributed by atoms with Gasteiger partial charge in [0.15, 0.2) is 11.5 Å². The van der Waals surface area contributed by atoms with Crippen molar-refractivity contribution in [3.63, 3.8) is 0 Å². The summed E-state index contributed by atoms with van der Waals surface area (Å²) in [7, 11) is 2.88. The molecule has 3 aromatic carbocycles. The third kappa shape index (κ3) is 7.53. The van der Waals surface area contributed by atoms with Gasteiger partial charge in [0.2, 0.25) is 12.4 Å². The Morgan fingerprint density at radius 3 is 2.29 bits per heavy atom. The number of carboxylic acid groups (broad SMARTS) is 1. The van der Waals surface area contributed by atoms with Gasteiger partial charge in [-0.05, 0) is 74.2 Å². The minimum absolute atomic E-state index is 0.0464. The highest BCUT2D eigenvalue weighted by atomic mass is 35.5. The number of carbonyl (C=O) groups is 2. The van der Waals surface area contributed by atoms with Gasteiger partial charge in [-0.1, -0.05) is 47.5 Å². The van der Waals surface area contributed by atoms with E-state index in [4.69, 9.17) is 37.4 Å². The number of rotatable bonds is 11. The topological polar surface area (TPSA) is 113 Å².